The van der Waals surface area contributed by atoms with Gasteiger partial charge >= 0.3 is 6.09 Å². The molecule has 0 radical (unpaired) electrons. The Labute approximate surface area is 232 Å². The zero-order valence-corrected chi connectivity index (χ0v) is 23.8. The van der Waals surface area contributed by atoms with Crippen molar-refractivity contribution in [2.45, 2.75) is 101 Å². The van der Waals surface area contributed by atoms with Crippen molar-refractivity contribution in [2.75, 3.05) is 6.61 Å². The fourth-order valence-corrected chi connectivity index (χ4v) is 5.89. The minimum absolute atomic E-state index is 0.00313. The van der Waals surface area contributed by atoms with Crippen LogP contribution in [0.5, 0.6) is 0 Å². The lowest BCUT2D eigenvalue weighted by molar-refractivity contribution is -0.117. The summed E-state index contributed by atoms with van der Waals surface area (Å²) < 4.78 is 35.3. The molecule has 8 nitrogen and oxygen atoms in total. The summed E-state index contributed by atoms with van der Waals surface area (Å²) in [5.41, 5.74) is 1.88. The van der Waals surface area contributed by atoms with Crippen LogP contribution in [-0.4, -0.2) is 55.1 Å². The molecule has 39 heavy (non-hydrogen) atoms. The summed E-state index contributed by atoms with van der Waals surface area (Å²) in [4.78, 5) is 26.5. The highest BCUT2D eigenvalue weighted by molar-refractivity contribution is 7.86. The third-order valence-corrected chi connectivity index (χ3v) is 8.46. The van der Waals surface area contributed by atoms with Gasteiger partial charge in [-0.15, -0.1) is 0 Å². The number of carbonyl (C=O) groups excluding carboxylic acids is 2. The number of Topliss-reactive ketones (excluding diaryl/α,β-unsaturated/α-hetero) is 1. The minimum atomic E-state index is -3.90. The quantitative estimate of drug-likeness (QED) is 0.225. The van der Waals surface area contributed by atoms with E-state index in [4.69, 9.17) is 8.92 Å². The van der Waals surface area contributed by atoms with E-state index >= 15 is 0 Å². The van der Waals surface area contributed by atoms with Crippen LogP contribution in [0.3, 0.4) is 0 Å². The molecule has 1 heterocycles. The summed E-state index contributed by atoms with van der Waals surface area (Å²) in [6.07, 6.45) is 5.25. The van der Waals surface area contributed by atoms with E-state index < -0.39 is 16.2 Å². The van der Waals surface area contributed by atoms with Crippen molar-refractivity contribution in [1.29, 1.82) is 0 Å². The van der Waals surface area contributed by atoms with E-state index in [2.05, 4.69) is 0 Å². The van der Waals surface area contributed by atoms with E-state index in [-0.39, 0.29) is 42.1 Å². The zero-order chi connectivity index (χ0) is 28.3. The van der Waals surface area contributed by atoms with Gasteiger partial charge in [-0.1, -0.05) is 67.3 Å². The molecule has 1 aliphatic rings. The molecule has 0 aromatic heterocycles. The Balaban J connectivity index is 1.42. The Bertz CT molecular complexity index is 1150. The molecule has 0 aliphatic carbocycles. The summed E-state index contributed by atoms with van der Waals surface area (Å²) in [5.74, 6) is 0.116. The van der Waals surface area contributed by atoms with Crippen LogP contribution in [0.15, 0.2) is 59.5 Å². The number of aliphatic hydroxyl groups is 1. The van der Waals surface area contributed by atoms with Crippen molar-refractivity contribution >= 4 is 22.0 Å². The number of ketones is 1. The maximum atomic E-state index is 13.1. The summed E-state index contributed by atoms with van der Waals surface area (Å²) >= 11 is 0. The number of carbonyl (C=O) groups is 2. The van der Waals surface area contributed by atoms with Crippen LogP contribution >= 0.6 is 0 Å². The minimum Gasteiger partial charge on any atom is -0.445 e. The van der Waals surface area contributed by atoms with Crippen molar-refractivity contribution < 1.29 is 32.0 Å². The first-order chi connectivity index (χ1) is 18.7. The maximum Gasteiger partial charge on any atom is 0.410 e. The molecule has 3 atom stereocenters. The summed E-state index contributed by atoms with van der Waals surface area (Å²) in [6, 6.07) is 16.0. The first-order valence-corrected chi connectivity index (χ1v) is 15.2. The van der Waals surface area contributed by atoms with Crippen LogP contribution in [0, 0.1) is 6.92 Å². The molecule has 3 rings (SSSR count). The van der Waals surface area contributed by atoms with Crippen molar-refractivity contribution in [3.05, 3.63) is 65.7 Å². The van der Waals surface area contributed by atoms with Crippen LogP contribution in [-0.2, 0) is 30.4 Å². The Hall–Kier alpha value is -2.75. The summed E-state index contributed by atoms with van der Waals surface area (Å²) in [5, 5.41) is 10.2. The molecule has 2 aromatic carbocycles. The number of hydrogen-bond acceptors (Lipinski definition) is 7. The first kappa shape index (κ1) is 30.8. The van der Waals surface area contributed by atoms with Gasteiger partial charge in [-0.2, -0.15) is 8.42 Å². The number of aliphatic hydroxyl groups excluding tert-OH is 1. The molecular formula is C30H41NO7S. The topological polar surface area (TPSA) is 110 Å². The van der Waals surface area contributed by atoms with Crippen LogP contribution in [0.2, 0.25) is 0 Å². The lowest BCUT2D eigenvalue weighted by Gasteiger charge is -2.30. The molecule has 9 heteroatoms. The maximum absolute atomic E-state index is 13.1. The molecule has 1 aliphatic heterocycles. The van der Waals surface area contributed by atoms with E-state index in [1.54, 1.807) is 19.1 Å². The van der Waals surface area contributed by atoms with E-state index in [1.165, 1.54) is 12.1 Å². The van der Waals surface area contributed by atoms with Crippen LogP contribution in [0.1, 0.15) is 75.8 Å². The predicted octanol–water partition coefficient (Wildman–Crippen LogP) is 5.55. The van der Waals surface area contributed by atoms with Crippen molar-refractivity contribution in [3.63, 3.8) is 0 Å². The fraction of sp³-hybridized carbons (Fsp3) is 0.533. The molecule has 1 N–H and O–H groups in total. The summed E-state index contributed by atoms with van der Waals surface area (Å²) in [6.45, 7) is 3.37. The van der Waals surface area contributed by atoms with Crippen LogP contribution in [0.25, 0.3) is 0 Å². The molecule has 214 valence electrons. The number of hydrogen-bond donors (Lipinski definition) is 1. The second-order valence-corrected chi connectivity index (χ2v) is 12.0. The summed E-state index contributed by atoms with van der Waals surface area (Å²) in [7, 11) is -3.90. The van der Waals surface area contributed by atoms with E-state index in [1.807, 2.05) is 42.2 Å². The van der Waals surface area contributed by atoms with Crippen LogP contribution in [0.4, 0.5) is 4.79 Å². The van der Waals surface area contributed by atoms with E-state index in [0.717, 1.165) is 43.2 Å². The molecule has 1 fully saturated rings. The molecule has 1 saturated heterocycles. The van der Waals surface area contributed by atoms with E-state index in [9.17, 15) is 23.1 Å². The average Bonchev–Trinajstić information content (AvgIpc) is 3.33. The van der Waals surface area contributed by atoms with E-state index in [0.29, 0.717) is 25.7 Å². The Kier molecular flexibility index (Phi) is 12.0. The molecule has 0 spiro atoms. The first-order valence-electron chi connectivity index (χ1n) is 13.8. The van der Waals surface area contributed by atoms with Gasteiger partial charge < -0.3 is 19.5 Å². The average molecular weight is 560 g/mol. The highest BCUT2D eigenvalue weighted by atomic mass is 32.2. The third-order valence-electron chi connectivity index (χ3n) is 7.17. The number of aryl methyl sites for hydroxylation is 1. The number of benzene rings is 2. The van der Waals surface area contributed by atoms with Crippen LogP contribution < -0.4 is 0 Å². The molecule has 0 saturated carbocycles. The number of ether oxygens (including phenoxy) is 1. The van der Waals surface area contributed by atoms with Gasteiger partial charge in [-0.05, 0) is 63.6 Å². The second-order valence-electron chi connectivity index (χ2n) is 10.4. The number of amides is 1. The zero-order valence-electron chi connectivity index (χ0n) is 23.0. The van der Waals surface area contributed by atoms with Gasteiger partial charge in [0.1, 0.15) is 12.4 Å². The van der Waals surface area contributed by atoms with Crippen molar-refractivity contribution in [2.24, 2.45) is 0 Å². The smallest absolute Gasteiger partial charge is 0.410 e. The monoisotopic (exact) mass is 559 g/mol. The number of unbranched alkanes of at least 4 members (excludes halogenated alkanes) is 2. The third kappa shape index (κ3) is 10.1. The van der Waals surface area contributed by atoms with Gasteiger partial charge in [0.25, 0.3) is 10.1 Å². The normalized spacial score (nSPS) is 18.2. The fourth-order valence-electron chi connectivity index (χ4n) is 4.95. The van der Waals surface area contributed by atoms with Crippen molar-refractivity contribution in [3.8, 4) is 0 Å². The molecule has 2 aromatic rings. The molecule has 1 amide bonds. The van der Waals surface area contributed by atoms with Gasteiger partial charge in [0.05, 0.1) is 17.6 Å². The molecule has 0 bridgehead atoms. The standard InChI is InChI=1S/C30H41NO7S/c1-23-13-19-29(20-14-23)39(35,36)38-22-28(33)12-8-4-7-11-26-17-18-27(16-15-24(2)32)31(26)30(34)37-21-25-9-5-3-6-10-25/h3,5-6,9-10,13-14,19-20,26-28,33H,4,7-8,11-12,15-18,21-22H2,1-2H3/t26-,27-,28-/m1/s1. The molecular weight excluding hydrogens is 518 g/mol. The van der Waals surface area contributed by atoms with Gasteiger partial charge in [-0.25, -0.2) is 4.79 Å². The lowest BCUT2D eigenvalue weighted by atomic mass is 10.0. The number of nitrogens with zero attached hydrogens (tertiary/aromatic N) is 1. The largest absolute Gasteiger partial charge is 0.445 e. The van der Waals surface area contributed by atoms with Crippen molar-refractivity contribution in [1.82, 2.24) is 4.90 Å². The SMILES string of the molecule is CC(=O)CC[C@@H]1CC[C@@H](CCCCC[C@@H](O)COS(=O)(=O)c2ccc(C)cc2)N1C(=O)OCc1ccccc1. The molecule has 0 unspecified atom stereocenters. The van der Waals surface area contributed by atoms with Gasteiger partial charge in [-0.3, -0.25) is 4.18 Å². The highest BCUT2D eigenvalue weighted by Crippen LogP contribution is 2.31. The van der Waals surface area contributed by atoms with Gasteiger partial charge in [0, 0.05) is 18.5 Å². The number of rotatable bonds is 15. The highest BCUT2D eigenvalue weighted by Gasteiger charge is 2.37. The number of likely N-dealkylation sites (tertiary alicyclic amines) is 1. The van der Waals surface area contributed by atoms with Gasteiger partial charge in [0.15, 0.2) is 0 Å². The van der Waals surface area contributed by atoms with Gasteiger partial charge in [0.2, 0.25) is 0 Å². The lowest BCUT2D eigenvalue weighted by Crippen LogP contribution is -2.41. The predicted molar refractivity (Wildman–Crippen MR) is 149 cm³/mol. The Morgan fingerprint density at radius 3 is 2.31 bits per heavy atom. The Morgan fingerprint density at radius 1 is 0.974 bits per heavy atom. The Morgan fingerprint density at radius 2 is 1.64 bits per heavy atom. The second kappa shape index (κ2) is 15.1.